The average Bonchev–Trinajstić information content (AvgIpc) is 2.78. The zero-order valence-corrected chi connectivity index (χ0v) is 15.0. The molecular weight excluding hydrogens is 292 g/mol. The molecule has 3 aromatic rings. The number of aromatic nitrogens is 2. The largest absolute Gasteiger partial charge is 0.260 e. The van der Waals surface area contributed by atoms with Crippen molar-refractivity contribution in [2.75, 3.05) is 0 Å². The summed E-state index contributed by atoms with van der Waals surface area (Å²) in [4.78, 5) is 4.69. The van der Waals surface area contributed by atoms with Gasteiger partial charge in [0.25, 0.3) is 0 Å². The van der Waals surface area contributed by atoms with Crippen LogP contribution < -0.4 is 4.57 Å². The van der Waals surface area contributed by atoms with Crippen molar-refractivity contribution in [3.05, 3.63) is 71.2 Å². The van der Waals surface area contributed by atoms with Crippen LogP contribution in [-0.4, -0.2) is 4.98 Å². The number of aryl methyl sites for hydroxylation is 2. The normalized spacial score (nSPS) is 14.4. The molecule has 0 atom stereocenters. The molecule has 0 amide bonds. The fourth-order valence-electron chi connectivity index (χ4n) is 3.93. The minimum atomic E-state index is -0.0588. The molecule has 0 aliphatic heterocycles. The summed E-state index contributed by atoms with van der Waals surface area (Å²) >= 11 is 0. The molecule has 24 heavy (non-hydrogen) atoms. The summed E-state index contributed by atoms with van der Waals surface area (Å²) in [6, 6.07) is 15.4. The van der Waals surface area contributed by atoms with Crippen LogP contribution in [0, 0.1) is 13.8 Å². The van der Waals surface area contributed by atoms with Crippen molar-refractivity contribution in [3.8, 4) is 22.4 Å². The Balaban J connectivity index is 2.00. The van der Waals surface area contributed by atoms with E-state index >= 15 is 0 Å². The van der Waals surface area contributed by atoms with Crippen LogP contribution in [0.15, 0.2) is 48.7 Å². The molecule has 0 spiro atoms. The van der Waals surface area contributed by atoms with E-state index in [1.54, 1.807) is 0 Å². The lowest BCUT2D eigenvalue weighted by Crippen LogP contribution is -2.34. The molecule has 1 aliphatic rings. The molecule has 1 aliphatic carbocycles. The summed E-state index contributed by atoms with van der Waals surface area (Å²) in [6.45, 7) is 8.91. The number of benzene rings is 1. The molecule has 2 heteroatoms. The molecule has 0 fully saturated rings. The monoisotopic (exact) mass is 315 g/mol. The van der Waals surface area contributed by atoms with Crippen LogP contribution in [0.3, 0.4) is 0 Å². The zero-order chi connectivity index (χ0) is 17.1. The third-order valence-corrected chi connectivity index (χ3v) is 5.49. The highest BCUT2D eigenvalue weighted by molar-refractivity contribution is 5.83. The van der Waals surface area contributed by atoms with Gasteiger partial charge in [-0.15, -0.1) is 0 Å². The second kappa shape index (κ2) is 5.01. The predicted molar refractivity (Wildman–Crippen MR) is 97.9 cm³/mol. The minimum absolute atomic E-state index is 0.0588. The van der Waals surface area contributed by atoms with E-state index in [4.69, 9.17) is 0 Å². The maximum atomic E-state index is 4.69. The van der Waals surface area contributed by atoms with Crippen LogP contribution in [0.25, 0.3) is 22.4 Å². The van der Waals surface area contributed by atoms with Crippen molar-refractivity contribution >= 4 is 0 Å². The number of rotatable bonds is 1. The summed E-state index contributed by atoms with van der Waals surface area (Å²) in [6.07, 6.45) is 1.90. The Kier molecular flexibility index (Phi) is 3.14. The molecule has 2 heterocycles. The van der Waals surface area contributed by atoms with Gasteiger partial charge in [0, 0.05) is 41.8 Å². The zero-order valence-electron chi connectivity index (χ0n) is 15.0. The van der Waals surface area contributed by atoms with Gasteiger partial charge < -0.3 is 0 Å². The van der Waals surface area contributed by atoms with Gasteiger partial charge in [0.05, 0.1) is 5.69 Å². The van der Waals surface area contributed by atoms with E-state index in [1.165, 1.54) is 44.9 Å². The number of hydrogen-bond donors (Lipinski definition) is 0. The second-order valence-corrected chi connectivity index (χ2v) is 7.35. The van der Waals surface area contributed by atoms with Gasteiger partial charge in [-0.05, 0) is 41.8 Å². The van der Waals surface area contributed by atoms with E-state index in [9.17, 15) is 0 Å². The van der Waals surface area contributed by atoms with Crippen LogP contribution in [-0.2, 0) is 12.5 Å². The van der Waals surface area contributed by atoms with Gasteiger partial charge in [-0.3, -0.25) is 4.98 Å². The first-order chi connectivity index (χ1) is 11.4. The molecule has 2 aromatic heterocycles. The van der Waals surface area contributed by atoms with Crippen molar-refractivity contribution < 1.29 is 4.57 Å². The van der Waals surface area contributed by atoms with E-state index in [-0.39, 0.29) is 5.41 Å². The van der Waals surface area contributed by atoms with Crippen LogP contribution in [0.1, 0.15) is 36.4 Å². The fraction of sp³-hybridized carbons (Fsp3) is 0.273. The predicted octanol–water partition coefficient (Wildman–Crippen LogP) is 4.50. The lowest BCUT2D eigenvalue weighted by atomic mass is 9.83. The quantitative estimate of drug-likeness (QED) is 0.604. The summed E-state index contributed by atoms with van der Waals surface area (Å²) in [5.41, 5.74) is 10.2. The van der Waals surface area contributed by atoms with E-state index in [2.05, 4.69) is 80.7 Å². The third-order valence-electron chi connectivity index (χ3n) is 5.49. The van der Waals surface area contributed by atoms with Gasteiger partial charge in [-0.2, -0.15) is 4.57 Å². The molecule has 0 bridgehead atoms. The van der Waals surface area contributed by atoms with Gasteiger partial charge in [-0.1, -0.05) is 26.0 Å². The molecular formula is C22H23N2+. The van der Waals surface area contributed by atoms with Crippen molar-refractivity contribution in [1.29, 1.82) is 0 Å². The molecule has 0 N–H and O–H groups in total. The van der Waals surface area contributed by atoms with Crippen molar-refractivity contribution in [2.45, 2.75) is 33.1 Å². The Morgan fingerprint density at radius 3 is 2.50 bits per heavy atom. The Hall–Kier alpha value is -2.48. The SMILES string of the molecule is Cc1cc2c(cc1-c1cccc(C)[n+]1C)C(C)(C)c1ncccc1-2. The van der Waals surface area contributed by atoms with Gasteiger partial charge in [0.2, 0.25) is 5.69 Å². The Labute approximate surface area is 143 Å². The smallest absolute Gasteiger partial charge is 0.212 e. The Bertz CT molecular complexity index is 968. The van der Waals surface area contributed by atoms with Crippen molar-refractivity contribution in [1.82, 2.24) is 4.98 Å². The van der Waals surface area contributed by atoms with Crippen LogP contribution in [0.5, 0.6) is 0 Å². The number of fused-ring (bicyclic) bond motifs is 3. The lowest BCUT2D eigenvalue weighted by Gasteiger charge is -2.21. The van der Waals surface area contributed by atoms with Gasteiger partial charge in [-0.25, -0.2) is 0 Å². The average molecular weight is 315 g/mol. The van der Waals surface area contributed by atoms with Gasteiger partial charge in [0.15, 0.2) is 5.69 Å². The molecule has 1 aromatic carbocycles. The first kappa shape index (κ1) is 15.1. The molecule has 0 radical (unpaired) electrons. The minimum Gasteiger partial charge on any atom is -0.260 e. The second-order valence-electron chi connectivity index (χ2n) is 7.35. The first-order valence-electron chi connectivity index (χ1n) is 8.48. The summed E-state index contributed by atoms with van der Waals surface area (Å²) in [5, 5.41) is 0. The number of hydrogen-bond acceptors (Lipinski definition) is 1. The van der Waals surface area contributed by atoms with Gasteiger partial charge in [0.1, 0.15) is 7.05 Å². The van der Waals surface area contributed by atoms with Crippen molar-refractivity contribution in [2.24, 2.45) is 7.05 Å². The summed E-state index contributed by atoms with van der Waals surface area (Å²) < 4.78 is 2.27. The van der Waals surface area contributed by atoms with Crippen LogP contribution >= 0.6 is 0 Å². The maximum Gasteiger partial charge on any atom is 0.212 e. The van der Waals surface area contributed by atoms with Crippen LogP contribution in [0.4, 0.5) is 0 Å². The highest BCUT2D eigenvalue weighted by Crippen LogP contribution is 2.49. The van der Waals surface area contributed by atoms with E-state index < -0.39 is 0 Å². The van der Waals surface area contributed by atoms with Crippen LogP contribution in [0.2, 0.25) is 0 Å². The molecule has 2 nitrogen and oxygen atoms in total. The van der Waals surface area contributed by atoms with Gasteiger partial charge >= 0.3 is 0 Å². The van der Waals surface area contributed by atoms with Crippen molar-refractivity contribution in [3.63, 3.8) is 0 Å². The molecule has 0 saturated carbocycles. The molecule has 4 rings (SSSR count). The number of nitrogens with zero attached hydrogens (tertiary/aromatic N) is 2. The fourth-order valence-corrected chi connectivity index (χ4v) is 3.93. The lowest BCUT2D eigenvalue weighted by molar-refractivity contribution is -0.666. The molecule has 0 saturated heterocycles. The molecule has 120 valence electrons. The summed E-state index contributed by atoms with van der Waals surface area (Å²) in [5.74, 6) is 0. The Morgan fingerprint density at radius 2 is 1.71 bits per heavy atom. The molecule has 0 unspecified atom stereocenters. The highest BCUT2D eigenvalue weighted by Gasteiger charge is 2.37. The van der Waals surface area contributed by atoms with E-state index in [0.717, 1.165) is 0 Å². The number of pyridine rings is 2. The highest BCUT2D eigenvalue weighted by atomic mass is 14.9. The first-order valence-corrected chi connectivity index (χ1v) is 8.48. The standard InChI is InChI=1S/C22H23N2/c1-14-12-18-16-9-7-11-23-21(16)22(3,4)19(18)13-17(14)20-10-6-8-15(2)24(20)5/h6-13H,1-5H3/q+1. The van der Waals surface area contributed by atoms with E-state index in [1.807, 2.05) is 12.3 Å². The Morgan fingerprint density at radius 1 is 0.917 bits per heavy atom. The topological polar surface area (TPSA) is 16.8 Å². The third kappa shape index (κ3) is 1.96. The summed E-state index contributed by atoms with van der Waals surface area (Å²) in [7, 11) is 2.14. The van der Waals surface area contributed by atoms with E-state index in [0.29, 0.717) is 0 Å². The maximum absolute atomic E-state index is 4.69.